The zero-order valence-electron chi connectivity index (χ0n) is 43.6. The van der Waals surface area contributed by atoms with Crippen molar-refractivity contribution in [1.29, 1.82) is 0 Å². The number of hydrogen-bond acceptors (Lipinski definition) is 21. The summed E-state index contributed by atoms with van der Waals surface area (Å²) in [5.41, 5.74) is 4.33. The van der Waals surface area contributed by atoms with E-state index in [1.54, 1.807) is 39.2 Å². The minimum atomic E-state index is -5.09. The first kappa shape index (κ1) is 54.5. The van der Waals surface area contributed by atoms with Gasteiger partial charge in [-0.3, -0.25) is 9.78 Å². The van der Waals surface area contributed by atoms with Crippen molar-refractivity contribution in [3.63, 3.8) is 0 Å². The summed E-state index contributed by atoms with van der Waals surface area (Å²) in [6.45, 7) is 9.41. The number of aliphatic hydroxyl groups excluding tert-OH is 2. The lowest BCUT2D eigenvalue weighted by Gasteiger charge is -2.25. The van der Waals surface area contributed by atoms with Crippen molar-refractivity contribution in [1.82, 2.24) is 39.9 Å². The van der Waals surface area contributed by atoms with Crippen molar-refractivity contribution in [2.45, 2.75) is 128 Å². The number of aliphatic hydroxyl groups is 2. The van der Waals surface area contributed by atoms with Gasteiger partial charge in [0.15, 0.2) is 17.3 Å². The molecule has 0 aliphatic heterocycles. The SMILES string of the molecule is CC[C@H]1C[C@@H](Nc2nc(NCC3CC3)nc(C)c2-c2nc3c(O[C@@H]4[C@@H](CS(=O)(=O)CC)C[C@@H](Nc5nc(N[C@H](C)c6ccc(OC(F)(F)F)c(F)c6)nc(C)c5-c5nc6c(C7CC7)nccc6s5)[C@@H]4O)nccc3s2)[C@H](O)C1=O. The number of rotatable bonds is 20. The number of Topliss-reactive ketones (excluding diaryl/α,β-unsaturated/α-hetero) is 1. The van der Waals surface area contributed by atoms with Crippen LogP contribution in [-0.4, -0.2) is 119 Å². The summed E-state index contributed by atoms with van der Waals surface area (Å²) in [5, 5.41) is 37.9. The number of halogens is 4. The Morgan fingerprint density at radius 2 is 1.47 bits per heavy atom. The number of anilines is 4. The largest absolute Gasteiger partial charge is 0.573 e. The maximum absolute atomic E-state index is 14.9. The van der Waals surface area contributed by atoms with Crippen molar-refractivity contribution < 1.29 is 50.5 Å². The van der Waals surface area contributed by atoms with E-state index in [0.29, 0.717) is 79.8 Å². The first-order valence-corrected chi connectivity index (χ1v) is 29.8. The lowest BCUT2D eigenvalue weighted by atomic mass is 10.0. The molecule has 0 bridgehead atoms. The fourth-order valence-corrected chi connectivity index (χ4v) is 13.8. The number of fused-ring (bicyclic) bond motifs is 2. The number of aryl methyl sites for hydroxylation is 2. The number of benzene rings is 1. The lowest BCUT2D eigenvalue weighted by molar-refractivity contribution is -0.275. The van der Waals surface area contributed by atoms with Crippen molar-refractivity contribution in [2.24, 2.45) is 17.8 Å². The number of hydrogen-bond donors (Lipinski definition) is 6. The third-order valence-corrected chi connectivity index (χ3v) is 19.0. The standard InChI is InChI=1S/C53H58F4N12O7S3/c1-6-27-19-32(43(71)42(27)70)64-46-37(24(4)62-51(68-46)60-21-26-8-9-26)50-67-41-36(78-50)15-17-59-48(41)75-45-30(22-79(73,74)7-2)20-33(44(45)72)65-47-38(49-66-40-35(77-49)14-16-58-39(40)28-10-11-28)25(5)63-52(69-47)61-23(3)29-12-13-34(31(54)18-29)76-53(55,56)57/h12-18,23,26-28,30,32-33,43-45,71-72H,6-11,19-22H2,1-5H3,(H2,60,62,64,68)(H2,61,63,65,69)/t23-,27+,30-,32-,33-,43+,44+,45-/m1/s1. The highest BCUT2D eigenvalue weighted by Crippen LogP contribution is 2.46. The molecule has 11 rings (SSSR count). The molecule has 6 heterocycles. The molecular weight excluding hydrogens is 1090 g/mol. The number of ether oxygens (including phenoxy) is 2. The Balaban J connectivity index is 0.927. The molecule has 79 heavy (non-hydrogen) atoms. The van der Waals surface area contributed by atoms with E-state index in [0.717, 1.165) is 53.7 Å². The van der Waals surface area contributed by atoms with E-state index < -0.39 is 70.1 Å². The zero-order valence-corrected chi connectivity index (χ0v) is 46.1. The van der Waals surface area contributed by atoms with Crippen LogP contribution in [0.4, 0.5) is 41.1 Å². The molecule has 418 valence electrons. The van der Waals surface area contributed by atoms with Gasteiger partial charge in [0.05, 0.1) is 61.5 Å². The van der Waals surface area contributed by atoms with Crippen molar-refractivity contribution in [2.75, 3.05) is 39.3 Å². The predicted molar refractivity (Wildman–Crippen MR) is 292 cm³/mol. The highest BCUT2D eigenvalue weighted by Gasteiger charge is 2.47. The van der Waals surface area contributed by atoms with Crippen LogP contribution in [0.3, 0.4) is 0 Å². The predicted octanol–water partition coefficient (Wildman–Crippen LogP) is 9.32. The molecule has 26 heteroatoms. The lowest BCUT2D eigenvalue weighted by Crippen LogP contribution is -2.40. The van der Waals surface area contributed by atoms with E-state index in [-0.39, 0.29) is 58.8 Å². The van der Waals surface area contributed by atoms with Crippen LogP contribution in [0.5, 0.6) is 11.6 Å². The molecule has 7 aromatic rings. The maximum Gasteiger partial charge on any atom is 0.573 e. The zero-order chi connectivity index (χ0) is 55.7. The Bertz CT molecular complexity index is 3580. The minimum Gasteiger partial charge on any atom is -0.470 e. The van der Waals surface area contributed by atoms with E-state index in [1.165, 1.54) is 28.7 Å². The summed E-state index contributed by atoms with van der Waals surface area (Å²) in [6, 6.07) is 4.53. The van der Waals surface area contributed by atoms with Crippen LogP contribution in [0, 0.1) is 37.4 Å². The maximum atomic E-state index is 14.9. The average Bonchev–Trinajstić information content (AvgIpc) is 4.44. The molecule has 0 unspecified atom stereocenters. The topological polar surface area (TPSA) is 261 Å². The van der Waals surface area contributed by atoms with Gasteiger partial charge in [0.1, 0.15) is 60.8 Å². The third-order valence-electron chi connectivity index (χ3n) is 15.1. The Morgan fingerprint density at radius 3 is 2.10 bits per heavy atom. The molecule has 8 atom stereocenters. The van der Waals surface area contributed by atoms with Gasteiger partial charge < -0.3 is 41.0 Å². The Labute approximate surface area is 459 Å². The molecule has 0 radical (unpaired) electrons. The van der Waals surface area contributed by atoms with E-state index in [1.807, 2.05) is 19.9 Å². The van der Waals surface area contributed by atoms with Gasteiger partial charge in [-0.1, -0.05) is 19.9 Å². The van der Waals surface area contributed by atoms with Crippen molar-refractivity contribution in [3.8, 4) is 32.8 Å². The molecule has 19 nitrogen and oxygen atoms in total. The molecule has 6 N–H and O–H groups in total. The Kier molecular flexibility index (Phi) is 14.8. The van der Waals surface area contributed by atoms with Gasteiger partial charge in [0, 0.05) is 42.4 Å². The van der Waals surface area contributed by atoms with Crippen LogP contribution in [0.2, 0.25) is 0 Å². The van der Waals surface area contributed by atoms with Gasteiger partial charge in [-0.2, -0.15) is 9.97 Å². The number of thiazole rings is 2. The molecule has 4 aliphatic rings. The summed E-state index contributed by atoms with van der Waals surface area (Å²) < 4.78 is 92.9. The first-order chi connectivity index (χ1) is 37.7. The molecular formula is C53H58F4N12O7S3. The van der Waals surface area contributed by atoms with Gasteiger partial charge in [-0.05, 0) is 101 Å². The normalized spacial score (nSPS) is 22.9. The van der Waals surface area contributed by atoms with E-state index in [4.69, 9.17) is 34.6 Å². The van der Waals surface area contributed by atoms with E-state index in [2.05, 4.69) is 36.0 Å². The summed E-state index contributed by atoms with van der Waals surface area (Å²) in [5.74, 6) is -2.07. The summed E-state index contributed by atoms with van der Waals surface area (Å²) in [7, 11) is -3.66. The summed E-state index contributed by atoms with van der Waals surface area (Å²) in [4.78, 5) is 51.7. The second-order valence-electron chi connectivity index (χ2n) is 20.9. The van der Waals surface area contributed by atoms with Crippen LogP contribution >= 0.6 is 22.7 Å². The van der Waals surface area contributed by atoms with Gasteiger partial charge in [0.2, 0.25) is 17.8 Å². The number of pyridine rings is 2. The summed E-state index contributed by atoms with van der Waals surface area (Å²) in [6.07, 6.45) is -0.223. The fraction of sp³-hybridized carbons (Fsp3) is 0.491. The van der Waals surface area contributed by atoms with Crippen LogP contribution in [0.1, 0.15) is 100 Å². The van der Waals surface area contributed by atoms with Crippen molar-refractivity contribution in [3.05, 3.63) is 71.2 Å². The van der Waals surface area contributed by atoms with Gasteiger partial charge in [0.25, 0.3) is 0 Å². The number of nitrogens with one attached hydrogen (secondary N) is 4. The third kappa shape index (κ3) is 11.6. The fourth-order valence-electron chi connectivity index (χ4n) is 10.5. The molecule has 4 saturated carbocycles. The highest BCUT2D eigenvalue weighted by molar-refractivity contribution is 7.91. The number of sulfone groups is 1. The minimum absolute atomic E-state index is 0.0463. The Morgan fingerprint density at radius 1 is 0.823 bits per heavy atom. The van der Waals surface area contributed by atoms with Gasteiger partial charge in [-0.25, -0.2) is 37.7 Å². The monoisotopic (exact) mass is 1150 g/mol. The smallest absolute Gasteiger partial charge is 0.470 e. The number of carbonyl (C=O) groups is 1. The molecule has 0 spiro atoms. The molecule has 6 aromatic heterocycles. The van der Waals surface area contributed by atoms with E-state index >= 15 is 0 Å². The van der Waals surface area contributed by atoms with Crippen LogP contribution < -0.4 is 30.7 Å². The highest BCUT2D eigenvalue weighted by atomic mass is 32.2. The second kappa shape index (κ2) is 21.5. The number of carbonyl (C=O) groups excluding carboxylic acids is 1. The molecule has 0 saturated heterocycles. The number of ketones is 1. The van der Waals surface area contributed by atoms with Crippen LogP contribution in [0.15, 0.2) is 42.7 Å². The van der Waals surface area contributed by atoms with Gasteiger partial charge in [-0.15, -0.1) is 35.8 Å². The van der Waals surface area contributed by atoms with Crippen LogP contribution in [0.25, 0.3) is 41.6 Å². The molecule has 4 aliphatic carbocycles. The van der Waals surface area contributed by atoms with E-state index in [9.17, 15) is 41.0 Å². The molecule has 0 amide bonds. The van der Waals surface area contributed by atoms with Crippen molar-refractivity contribution >= 4 is 82.3 Å². The van der Waals surface area contributed by atoms with Gasteiger partial charge >= 0.3 is 6.36 Å². The summed E-state index contributed by atoms with van der Waals surface area (Å²) >= 11 is 2.72. The first-order valence-electron chi connectivity index (χ1n) is 26.4. The number of nitrogens with zero attached hydrogens (tertiary/aromatic N) is 8. The Hall–Kier alpha value is -6.48. The molecule has 1 aromatic carbocycles. The second-order valence-corrected chi connectivity index (χ2v) is 25.4. The number of alkyl halides is 3. The van der Waals surface area contributed by atoms with Crippen LogP contribution in [-0.2, 0) is 14.6 Å². The quantitative estimate of drug-likeness (QED) is 0.0388. The molecule has 4 fully saturated rings. The number of aromatic nitrogens is 8. The average molecular weight is 1150 g/mol.